The third-order valence-corrected chi connectivity index (χ3v) is 1.72. The molecule has 0 unspecified atom stereocenters. The maximum atomic E-state index is 9.17. The minimum atomic E-state index is -0.743. The Labute approximate surface area is 80.4 Å². The molecule has 1 N–H and O–H groups in total. The average molecular weight is 191 g/mol. The number of aromatic nitrogens is 3. The topological polar surface area (TPSA) is 72.0 Å². The lowest BCUT2D eigenvalue weighted by Gasteiger charge is -1.92. The predicted octanol–water partition coefficient (Wildman–Crippen LogP) is 1.18. The van der Waals surface area contributed by atoms with Gasteiger partial charge in [-0.3, -0.25) is 4.98 Å². The van der Waals surface area contributed by atoms with E-state index in [2.05, 4.69) is 15.1 Å². The number of hydrogen-bond acceptors (Lipinski definition) is 5. The summed E-state index contributed by atoms with van der Waals surface area (Å²) in [5, 5.41) is 12.9. The molecule has 0 saturated carbocycles. The van der Waals surface area contributed by atoms with Crippen LogP contribution >= 0.6 is 0 Å². The molecule has 1 atom stereocenters. The van der Waals surface area contributed by atoms with Gasteiger partial charge in [-0.25, -0.2) is 0 Å². The van der Waals surface area contributed by atoms with Crippen molar-refractivity contribution in [1.82, 2.24) is 15.1 Å². The Morgan fingerprint density at radius 1 is 1.50 bits per heavy atom. The van der Waals surface area contributed by atoms with E-state index in [0.29, 0.717) is 5.82 Å². The number of aliphatic hydroxyl groups is 1. The number of nitrogens with zero attached hydrogens (tertiary/aromatic N) is 3. The zero-order valence-corrected chi connectivity index (χ0v) is 7.58. The first kappa shape index (κ1) is 8.83. The fourth-order valence-corrected chi connectivity index (χ4v) is 1.02. The van der Waals surface area contributed by atoms with E-state index in [-0.39, 0.29) is 5.89 Å². The van der Waals surface area contributed by atoms with Gasteiger partial charge < -0.3 is 9.63 Å². The molecule has 0 aromatic carbocycles. The van der Waals surface area contributed by atoms with Crippen LogP contribution < -0.4 is 0 Å². The van der Waals surface area contributed by atoms with Crippen LogP contribution in [0, 0.1) is 0 Å². The highest BCUT2D eigenvalue weighted by Crippen LogP contribution is 2.16. The minimum Gasteiger partial charge on any atom is -0.384 e. The van der Waals surface area contributed by atoms with E-state index in [1.165, 1.54) is 0 Å². The number of hydrogen-bond donors (Lipinski definition) is 1. The zero-order chi connectivity index (χ0) is 9.97. The molecule has 5 heteroatoms. The van der Waals surface area contributed by atoms with Gasteiger partial charge in [-0.1, -0.05) is 5.16 Å². The van der Waals surface area contributed by atoms with E-state index < -0.39 is 6.10 Å². The molecule has 0 spiro atoms. The summed E-state index contributed by atoms with van der Waals surface area (Å²) in [6.07, 6.45) is 2.56. The van der Waals surface area contributed by atoms with Crippen molar-refractivity contribution in [2.45, 2.75) is 13.0 Å². The highest BCUT2D eigenvalue weighted by atomic mass is 16.5. The van der Waals surface area contributed by atoms with Gasteiger partial charge in [0.1, 0.15) is 6.10 Å². The molecule has 14 heavy (non-hydrogen) atoms. The van der Waals surface area contributed by atoms with E-state index in [1.807, 2.05) is 6.07 Å². The minimum absolute atomic E-state index is 0.212. The van der Waals surface area contributed by atoms with Crippen molar-refractivity contribution in [3.05, 3.63) is 30.4 Å². The Bertz CT molecular complexity index is 411. The molecular formula is C9H9N3O2. The molecule has 2 rings (SSSR count). The summed E-state index contributed by atoms with van der Waals surface area (Å²) >= 11 is 0. The lowest BCUT2D eigenvalue weighted by atomic mass is 10.3. The standard InChI is InChI=1S/C9H9N3O2/c1-6(13)9-11-8(12-14-9)7-3-2-4-10-5-7/h2-6,13H,1H3/t6-/m0/s1. The Balaban J connectivity index is 2.34. The summed E-state index contributed by atoms with van der Waals surface area (Å²) < 4.78 is 4.84. The molecule has 0 amide bonds. The van der Waals surface area contributed by atoms with Crippen molar-refractivity contribution in [2.24, 2.45) is 0 Å². The van der Waals surface area contributed by atoms with Gasteiger partial charge in [-0.15, -0.1) is 0 Å². The monoisotopic (exact) mass is 191 g/mol. The fraction of sp³-hybridized carbons (Fsp3) is 0.222. The molecule has 0 fully saturated rings. The Kier molecular flexibility index (Phi) is 2.24. The lowest BCUT2D eigenvalue weighted by molar-refractivity contribution is 0.152. The summed E-state index contributed by atoms with van der Waals surface area (Å²) in [5.74, 6) is 0.651. The second kappa shape index (κ2) is 3.55. The molecule has 72 valence electrons. The first-order chi connectivity index (χ1) is 6.77. The molecule has 0 aliphatic rings. The molecule has 0 saturated heterocycles. The molecule has 2 aromatic rings. The van der Waals surface area contributed by atoms with Crippen LogP contribution in [-0.4, -0.2) is 20.2 Å². The SMILES string of the molecule is C[C@H](O)c1nc(-c2cccnc2)no1. The highest BCUT2D eigenvalue weighted by molar-refractivity contribution is 5.51. The summed E-state index contributed by atoms with van der Waals surface area (Å²) in [6, 6.07) is 3.61. The van der Waals surface area contributed by atoms with Crippen LogP contribution in [-0.2, 0) is 0 Å². The van der Waals surface area contributed by atoms with Crippen LogP contribution in [0.3, 0.4) is 0 Å². The third kappa shape index (κ3) is 1.62. The van der Waals surface area contributed by atoms with Crippen molar-refractivity contribution < 1.29 is 9.63 Å². The van der Waals surface area contributed by atoms with Crippen molar-refractivity contribution in [2.75, 3.05) is 0 Å². The van der Waals surface area contributed by atoms with Crippen molar-refractivity contribution in [3.63, 3.8) is 0 Å². The van der Waals surface area contributed by atoms with Crippen LogP contribution in [0.5, 0.6) is 0 Å². The van der Waals surface area contributed by atoms with Gasteiger partial charge in [-0.05, 0) is 19.1 Å². The second-order valence-corrected chi connectivity index (χ2v) is 2.87. The molecule has 0 radical (unpaired) electrons. The van der Waals surface area contributed by atoms with Gasteiger partial charge >= 0.3 is 0 Å². The van der Waals surface area contributed by atoms with Crippen LogP contribution in [0.4, 0.5) is 0 Å². The lowest BCUT2D eigenvalue weighted by Crippen LogP contribution is -1.90. The van der Waals surface area contributed by atoms with E-state index in [1.54, 1.807) is 25.4 Å². The zero-order valence-electron chi connectivity index (χ0n) is 7.58. The van der Waals surface area contributed by atoms with Crippen molar-refractivity contribution >= 4 is 0 Å². The first-order valence-corrected chi connectivity index (χ1v) is 4.19. The molecule has 0 aliphatic carbocycles. The maximum absolute atomic E-state index is 9.17. The van der Waals surface area contributed by atoms with E-state index in [9.17, 15) is 5.11 Å². The number of rotatable bonds is 2. The first-order valence-electron chi connectivity index (χ1n) is 4.19. The Hall–Kier alpha value is -1.75. The van der Waals surface area contributed by atoms with Gasteiger partial charge in [-0.2, -0.15) is 4.98 Å². The van der Waals surface area contributed by atoms with Gasteiger partial charge in [0.25, 0.3) is 5.89 Å². The van der Waals surface area contributed by atoms with Crippen LogP contribution in [0.25, 0.3) is 11.4 Å². The molecule has 2 heterocycles. The van der Waals surface area contributed by atoms with Gasteiger partial charge in [0.2, 0.25) is 5.82 Å². The Morgan fingerprint density at radius 3 is 2.93 bits per heavy atom. The van der Waals surface area contributed by atoms with Crippen LogP contribution in [0.15, 0.2) is 29.0 Å². The largest absolute Gasteiger partial charge is 0.384 e. The smallest absolute Gasteiger partial charge is 0.255 e. The van der Waals surface area contributed by atoms with Crippen LogP contribution in [0.1, 0.15) is 18.9 Å². The summed E-state index contributed by atoms with van der Waals surface area (Å²) in [4.78, 5) is 7.94. The van der Waals surface area contributed by atoms with Crippen molar-refractivity contribution in [3.8, 4) is 11.4 Å². The van der Waals surface area contributed by atoms with Crippen LogP contribution in [0.2, 0.25) is 0 Å². The van der Waals surface area contributed by atoms with E-state index in [0.717, 1.165) is 5.56 Å². The Morgan fingerprint density at radius 2 is 2.36 bits per heavy atom. The fourth-order valence-electron chi connectivity index (χ4n) is 1.02. The van der Waals surface area contributed by atoms with E-state index >= 15 is 0 Å². The summed E-state index contributed by atoms with van der Waals surface area (Å²) in [7, 11) is 0. The number of aliphatic hydroxyl groups excluding tert-OH is 1. The maximum Gasteiger partial charge on any atom is 0.255 e. The molecule has 2 aromatic heterocycles. The highest BCUT2D eigenvalue weighted by Gasteiger charge is 2.11. The predicted molar refractivity (Wildman–Crippen MR) is 48.2 cm³/mol. The quantitative estimate of drug-likeness (QED) is 0.771. The third-order valence-electron chi connectivity index (χ3n) is 1.72. The molecule has 0 aliphatic heterocycles. The average Bonchev–Trinajstić information content (AvgIpc) is 2.68. The van der Waals surface area contributed by atoms with E-state index in [4.69, 9.17) is 4.52 Å². The van der Waals surface area contributed by atoms with Gasteiger partial charge in [0.05, 0.1) is 0 Å². The molecule has 5 nitrogen and oxygen atoms in total. The molecular weight excluding hydrogens is 182 g/mol. The van der Waals surface area contributed by atoms with Gasteiger partial charge in [0, 0.05) is 18.0 Å². The van der Waals surface area contributed by atoms with Crippen molar-refractivity contribution in [1.29, 1.82) is 0 Å². The van der Waals surface area contributed by atoms with Gasteiger partial charge in [0.15, 0.2) is 0 Å². The summed E-state index contributed by atoms with van der Waals surface area (Å²) in [5.41, 5.74) is 0.767. The normalized spacial score (nSPS) is 12.7. The molecule has 0 bridgehead atoms. The summed E-state index contributed by atoms with van der Waals surface area (Å²) in [6.45, 7) is 1.57. The number of pyridine rings is 1. The second-order valence-electron chi connectivity index (χ2n) is 2.87.